The van der Waals surface area contributed by atoms with E-state index < -0.39 is 5.97 Å². The summed E-state index contributed by atoms with van der Waals surface area (Å²) in [5.41, 5.74) is 0.995. The van der Waals surface area contributed by atoms with E-state index >= 15 is 0 Å². The van der Waals surface area contributed by atoms with E-state index in [-0.39, 0.29) is 23.1 Å². The fourth-order valence-electron chi connectivity index (χ4n) is 4.20. The summed E-state index contributed by atoms with van der Waals surface area (Å²) in [5, 5.41) is 3.28. The monoisotopic (exact) mass is 368 g/mol. The highest BCUT2D eigenvalue weighted by molar-refractivity contribution is 5.87. The van der Waals surface area contributed by atoms with Gasteiger partial charge in [-0.3, -0.25) is 9.69 Å². The zero-order chi connectivity index (χ0) is 18.9. The Balaban J connectivity index is 1.36. The molecule has 0 unspecified atom stereocenters. The fourth-order valence-corrected chi connectivity index (χ4v) is 4.20. The Labute approximate surface area is 158 Å². The van der Waals surface area contributed by atoms with Crippen LogP contribution in [-0.4, -0.2) is 42.5 Å². The predicted molar refractivity (Wildman–Crippen MR) is 99.2 cm³/mol. The number of amides is 1. The van der Waals surface area contributed by atoms with Crippen molar-refractivity contribution < 1.29 is 18.7 Å². The number of hydrogen-bond donors (Lipinski definition) is 1. The number of hydrogen-bond acceptors (Lipinski definition) is 5. The molecule has 6 nitrogen and oxygen atoms in total. The number of methoxy groups -OCH3 is 1. The van der Waals surface area contributed by atoms with Crippen molar-refractivity contribution >= 4 is 11.9 Å². The maximum Gasteiger partial charge on any atom is 0.373 e. The number of carbonyl (C=O) groups excluding carboxylic acids is 2. The second-order valence-corrected chi connectivity index (χ2v) is 7.47. The predicted octanol–water partition coefficient (Wildman–Crippen LogP) is 2.70. The van der Waals surface area contributed by atoms with Gasteiger partial charge < -0.3 is 14.5 Å². The smallest absolute Gasteiger partial charge is 0.373 e. The van der Waals surface area contributed by atoms with E-state index in [2.05, 4.69) is 15.0 Å². The minimum absolute atomic E-state index is 0.0505. The average Bonchev–Trinajstić information content (AvgIpc) is 3.29. The molecule has 6 heteroatoms. The molecule has 0 saturated carbocycles. The number of esters is 1. The van der Waals surface area contributed by atoms with Crippen LogP contribution in [0.1, 0.15) is 47.1 Å². The minimum Gasteiger partial charge on any atom is -0.463 e. The first kappa shape index (κ1) is 17.8. The van der Waals surface area contributed by atoms with Gasteiger partial charge in [0.2, 0.25) is 11.7 Å². The van der Waals surface area contributed by atoms with Crippen LogP contribution in [0.25, 0.3) is 0 Å². The van der Waals surface area contributed by atoms with Crippen LogP contribution in [0.3, 0.4) is 0 Å². The number of rotatable bonds is 4. The summed E-state index contributed by atoms with van der Waals surface area (Å²) >= 11 is 0. The van der Waals surface area contributed by atoms with Gasteiger partial charge in [0.05, 0.1) is 19.6 Å². The van der Waals surface area contributed by atoms with E-state index in [1.165, 1.54) is 7.11 Å². The van der Waals surface area contributed by atoms with E-state index in [4.69, 9.17) is 4.42 Å². The van der Waals surface area contributed by atoms with Crippen molar-refractivity contribution in [2.75, 3.05) is 20.2 Å². The molecule has 1 aromatic heterocycles. The summed E-state index contributed by atoms with van der Waals surface area (Å²) in [6.07, 6.45) is 2.70. The van der Waals surface area contributed by atoms with E-state index in [1.54, 1.807) is 6.07 Å². The Morgan fingerprint density at radius 2 is 1.96 bits per heavy atom. The number of ether oxygens (including phenoxy) is 1. The van der Waals surface area contributed by atoms with E-state index in [0.29, 0.717) is 6.54 Å². The molecule has 27 heavy (non-hydrogen) atoms. The molecule has 142 valence electrons. The van der Waals surface area contributed by atoms with Gasteiger partial charge in [0.15, 0.2) is 0 Å². The topological polar surface area (TPSA) is 71.8 Å². The molecule has 2 aliphatic rings. The van der Waals surface area contributed by atoms with Crippen molar-refractivity contribution in [1.82, 2.24) is 10.2 Å². The van der Waals surface area contributed by atoms with Crippen molar-refractivity contribution in [3.63, 3.8) is 0 Å². The van der Waals surface area contributed by atoms with Crippen LogP contribution in [0.4, 0.5) is 0 Å². The molecule has 2 fully saturated rings. The molecule has 2 aromatic rings. The van der Waals surface area contributed by atoms with Gasteiger partial charge in [-0.2, -0.15) is 0 Å². The highest BCUT2D eigenvalue weighted by Crippen LogP contribution is 2.39. The number of likely N-dealkylation sites (tertiary alicyclic amines) is 1. The fraction of sp³-hybridized carbons (Fsp3) is 0.429. The molecule has 0 bridgehead atoms. The Bertz CT molecular complexity index is 822. The van der Waals surface area contributed by atoms with Gasteiger partial charge >= 0.3 is 5.97 Å². The number of nitrogens with one attached hydrogen (secondary N) is 1. The average molecular weight is 368 g/mol. The maximum atomic E-state index is 12.5. The lowest BCUT2D eigenvalue weighted by Crippen LogP contribution is -2.50. The minimum atomic E-state index is -0.459. The molecule has 1 aromatic carbocycles. The molecule has 2 aliphatic heterocycles. The number of furan rings is 1. The summed E-state index contributed by atoms with van der Waals surface area (Å²) in [6, 6.07) is 13.5. The highest BCUT2D eigenvalue weighted by atomic mass is 16.5. The Morgan fingerprint density at radius 1 is 1.22 bits per heavy atom. The first-order valence-electron chi connectivity index (χ1n) is 9.35. The number of carbonyl (C=O) groups is 2. The Kier molecular flexibility index (Phi) is 4.74. The first-order chi connectivity index (χ1) is 13.1. The molecule has 1 atom stereocenters. The Morgan fingerprint density at radius 3 is 2.67 bits per heavy atom. The van der Waals surface area contributed by atoms with Crippen molar-refractivity contribution in [1.29, 1.82) is 0 Å². The number of benzene rings is 1. The summed E-state index contributed by atoms with van der Waals surface area (Å²) in [6.45, 7) is 2.43. The van der Waals surface area contributed by atoms with E-state index in [1.807, 2.05) is 36.4 Å². The molecule has 1 amide bonds. The van der Waals surface area contributed by atoms with Gasteiger partial charge in [-0.25, -0.2) is 4.79 Å². The molecule has 0 radical (unpaired) electrons. The van der Waals surface area contributed by atoms with Crippen LogP contribution in [0.5, 0.6) is 0 Å². The SMILES string of the molecule is COC(=O)c1ccc(CN2CCC3(CC2)C[C@@H](c2ccccc2)C(=O)N3)o1. The summed E-state index contributed by atoms with van der Waals surface area (Å²) in [5.74, 6) is 0.618. The Hall–Kier alpha value is -2.60. The quantitative estimate of drug-likeness (QED) is 0.840. The van der Waals surface area contributed by atoms with Gasteiger partial charge in [0.25, 0.3) is 0 Å². The van der Waals surface area contributed by atoms with Crippen LogP contribution in [0, 0.1) is 0 Å². The van der Waals surface area contributed by atoms with E-state index in [0.717, 1.165) is 43.7 Å². The zero-order valence-electron chi connectivity index (χ0n) is 15.4. The third-order valence-electron chi connectivity index (χ3n) is 5.74. The molecule has 4 rings (SSSR count). The lowest BCUT2D eigenvalue weighted by atomic mass is 9.82. The molecule has 1 spiro atoms. The molecule has 3 heterocycles. The van der Waals surface area contributed by atoms with Crippen molar-refractivity contribution in [3.05, 3.63) is 59.5 Å². The van der Waals surface area contributed by atoms with Crippen molar-refractivity contribution in [2.45, 2.75) is 37.3 Å². The van der Waals surface area contributed by atoms with E-state index in [9.17, 15) is 9.59 Å². The third kappa shape index (κ3) is 3.62. The largest absolute Gasteiger partial charge is 0.463 e. The lowest BCUT2D eigenvalue weighted by molar-refractivity contribution is -0.121. The summed E-state index contributed by atoms with van der Waals surface area (Å²) in [7, 11) is 1.34. The number of piperidine rings is 1. The van der Waals surface area contributed by atoms with Crippen LogP contribution in [0.2, 0.25) is 0 Å². The second-order valence-electron chi connectivity index (χ2n) is 7.47. The lowest BCUT2D eigenvalue weighted by Gasteiger charge is -2.39. The maximum absolute atomic E-state index is 12.5. The molecule has 2 saturated heterocycles. The van der Waals surface area contributed by atoms with Gasteiger partial charge in [-0.05, 0) is 37.0 Å². The molecule has 1 N–H and O–H groups in total. The second kappa shape index (κ2) is 7.19. The van der Waals surface area contributed by atoms with Gasteiger partial charge in [0.1, 0.15) is 5.76 Å². The van der Waals surface area contributed by atoms with Crippen LogP contribution < -0.4 is 5.32 Å². The summed E-state index contributed by atoms with van der Waals surface area (Å²) in [4.78, 5) is 26.3. The van der Waals surface area contributed by atoms with Crippen molar-refractivity contribution in [2.24, 2.45) is 0 Å². The zero-order valence-corrected chi connectivity index (χ0v) is 15.4. The van der Waals surface area contributed by atoms with Crippen LogP contribution >= 0.6 is 0 Å². The first-order valence-corrected chi connectivity index (χ1v) is 9.35. The standard InChI is InChI=1S/C21H24N2O4/c1-26-20(25)18-8-7-16(27-18)14-23-11-9-21(10-12-23)13-17(19(24)22-21)15-5-3-2-4-6-15/h2-8,17H,9-14H2,1H3,(H,22,24)/t17-/m0/s1. The number of nitrogens with zero attached hydrogens (tertiary/aromatic N) is 1. The van der Waals surface area contributed by atoms with Crippen LogP contribution in [0.15, 0.2) is 46.9 Å². The van der Waals surface area contributed by atoms with Crippen molar-refractivity contribution in [3.8, 4) is 0 Å². The third-order valence-corrected chi connectivity index (χ3v) is 5.74. The normalized spacial score (nSPS) is 22.0. The van der Waals surface area contributed by atoms with Gasteiger partial charge in [-0.15, -0.1) is 0 Å². The summed E-state index contributed by atoms with van der Waals surface area (Å²) < 4.78 is 10.2. The van der Waals surface area contributed by atoms with Gasteiger partial charge in [-0.1, -0.05) is 30.3 Å². The van der Waals surface area contributed by atoms with Crippen LogP contribution in [-0.2, 0) is 16.1 Å². The molecule has 0 aliphatic carbocycles. The van der Waals surface area contributed by atoms with Gasteiger partial charge in [0, 0.05) is 18.6 Å². The highest BCUT2D eigenvalue weighted by Gasteiger charge is 2.46. The molecular formula is C21H24N2O4. The molecular weight excluding hydrogens is 344 g/mol.